The molecule has 0 radical (unpaired) electrons. The van der Waals surface area contributed by atoms with Gasteiger partial charge >= 0.3 is 12.1 Å². The number of anilines is 1. The van der Waals surface area contributed by atoms with Crippen LogP contribution in [0.5, 0.6) is 0 Å². The number of thiazole rings is 1. The fourth-order valence-electron chi connectivity index (χ4n) is 1.12. The second kappa shape index (κ2) is 5.83. The van der Waals surface area contributed by atoms with E-state index in [1.54, 1.807) is 20.8 Å². The first-order chi connectivity index (χ1) is 8.67. The molecule has 0 spiro atoms. The van der Waals surface area contributed by atoms with E-state index in [4.69, 9.17) is 9.84 Å². The monoisotopic (exact) mass is 284 g/mol. The number of nitrogens with one attached hydrogen (secondary N) is 1. The molecule has 0 bridgehead atoms. The Bertz CT molecular complexity index is 502. The Kier molecular flexibility index (Phi) is 4.66. The Morgan fingerprint density at radius 3 is 2.68 bits per heavy atom. The zero-order valence-electron chi connectivity index (χ0n) is 11.0. The number of ether oxygens (including phenoxy) is 1. The first-order valence-electron chi connectivity index (χ1n) is 5.53. The van der Waals surface area contributed by atoms with Crippen molar-refractivity contribution >= 4 is 28.5 Å². The third kappa shape index (κ3) is 5.52. The highest BCUT2D eigenvalue weighted by Gasteiger charge is 2.17. The van der Waals surface area contributed by atoms with Crippen LogP contribution in [0.4, 0.5) is 9.93 Å². The summed E-state index contributed by atoms with van der Waals surface area (Å²) in [5.74, 6) is -1.05. The van der Waals surface area contributed by atoms with E-state index >= 15 is 0 Å². The van der Waals surface area contributed by atoms with Crippen LogP contribution in [0.2, 0.25) is 0 Å². The van der Waals surface area contributed by atoms with E-state index in [9.17, 15) is 9.59 Å². The highest BCUT2D eigenvalue weighted by atomic mass is 32.1. The zero-order valence-corrected chi connectivity index (χ0v) is 11.8. The molecule has 0 saturated carbocycles. The molecule has 1 rings (SSSR count). The number of amides is 1. The van der Waals surface area contributed by atoms with Crippen molar-refractivity contribution < 1.29 is 19.4 Å². The topological polar surface area (TPSA) is 88.5 Å². The number of hydrogen-bond donors (Lipinski definition) is 2. The summed E-state index contributed by atoms with van der Waals surface area (Å²) in [6.45, 7) is 8.72. The number of carboxylic acid groups (broad SMARTS) is 1. The van der Waals surface area contributed by atoms with Gasteiger partial charge in [0.1, 0.15) is 5.60 Å². The van der Waals surface area contributed by atoms with E-state index in [1.165, 1.54) is 17.5 Å². The van der Waals surface area contributed by atoms with Crippen LogP contribution in [-0.2, 0) is 16.0 Å². The van der Waals surface area contributed by atoms with Gasteiger partial charge in [-0.3, -0.25) is 5.32 Å². The Morgan fingerprint density at radius 1 is 1.53 bits per heavy atom. The van der Waals surface area contributed by atoms with Crippen LogP contribution < -0.4 is 5.32 Å². The third-order valence-corrected chi connectivity index (χ3v) is 2.76. The van der Waals surface area contributed by atoms with Crippen molar-refractivity contribution in [1.82, 2.24) is 4.98 Å². The maximum atomic E-state index is 11.5. The molecular formula is C12H16N2O4S. The lowest BCUT2D eigenvalue weighted by atomic mass is 10.2. The number of hydrogen-bond acceptors (Lipinski definition) is 5. The number of carbonyl (C=O) groups is 2. The molecule has 0 atom stereocenters. The van der Waals surface area contributed by atoms with Crippen LogP contribution in [0.1, 0.15) is 25.6 Å². The van der Waals surface area contributed by atoms with Gasteiger partial charge in [0.15, 0.2) is 5.13 Å². The van der Waals surface area contributed by atoms with E-state index in [1.807, 2.05) is 0 Å². The molecule has 1 amide bonds. The summed E-state index contributed by atoms with van der Waals surface area (Å²) in [6.07, 6.45) is 1.11. The number of carbonyl (C=O) groups excluding carboxylic acids is 1. The molecular weight excluding hydrogens is 268 g/mol. The molecule has 104 valence electrons. The fraction of sp³-hybridized carbons (Fsp3) is 0.417. The lowest BCUT2D eigenvalue weighted by molar-refractivity contribution is -0.132. The molecule has 0 saturated heterocycles. The van der Waals surface area contributed by atoms with Crippen molar-refractivity contribution in [3.8, 4) is 0 Å². The smallest absolute Gasteiger partial charge is 0.413 e. The largest absolute Gasteiger partial charge is 0.478 e. The molecule has 0 fully saturated rings. The molecule has 7 heteroatoms. The van der Waals surface area contributed by atoms with Gasteiger partial charge in [-0.15, -0.1) is 11.3 Å². The summed E-state index contributed by atoms with van der Waals surface area (Å²) < 4.78 is 5.08. The van der Waals surface area contributed by atoms with Crippen LogP contribution in [0, 0.1) is 0 Å². The minimum atomic E-state index is -1.05. The predicted octanol–water partition coefficient (Wildman–Crippen LogP) is 2.67. The van der Waals surface area contributed by atoms with Crippen LogP contribution >= 0.6 is 11.3 Å². The van der Waals surface area contributed by atoms with Crippen molar-refractivity contribution in [2.75, 3.05) is 5.32 Å². The molecule has 1 heterocycles. The SMILES string of the molecule is C=C(Cc1cnc(NC(=O)OC(C)(C)C)s1)C(=O)O. The molecule has 0 aromatic carbocycles. The highest BCUT2D eigenvalue weighted by molar-refractivity contribution is 7.15. The van der Waals surface area contributed by atoms with Crippen LogP contribution in [0.15, 0.2) is 18.3 Å². The van der Waals surface area contributed by atoms with Gasteiger partial charge in [0.2, 0.25) is 0 Å². The van der Waals surface area contributed by atoms with Crippen molar-refractivity contribution in [3.05, 3.63) is 23.2 Å². The summed E-state index contributed by atoms with van der Waals surface area (Å²) in [5, 5.41) is 11.6. The summed E-state index contributed by atoms with van der Waals surface area (Å²) in [5.41, 5.74) is -0.505. The molecule has 2 N–H and O–H groups in total. The van der Waals surface area contributed by atoms with Crippen molar-refractivity contribution in [2.45, 2.75) is 32.8 Å². The minimum absolute atomic E-state index is 0.0764. The number of rotatable bonds is 4. The van der Waals surface area contributed by atoms with Crippen LogP contribution in [0.3, 0.4) is 0 Å². The molecule has 0 aliphatic heterocycles. The zero-order chi connectivity index (χ0) is 14.6. The second-order valence-electron chi connectivity index (χ2n) is 4.84. The second-order valence-corrected chi connectivity index (χ2v) is 5.96. The van der Waals surface area contributed by atoms with Gasteiger partial charge < -0.3 is 9.84 Å². The van der Waals surface area contributed by atoms with Gasteiger partial charge in [-0.1, -0.05) is 6.58 Å². The number of carboxylic acids is 1. The number of aromatic nitrogens is 1. The standard InChI is InChI=1S/C12H16N2O4S/c1-7(9(15)16)5-8-6-13-10(19-8)14-11(17)18-12(2,3)4/h6H,1,5H2,2-4H3,(H,15,16)(H,13,14,17). The van der Waals surface area contributed by atoms with Crippen LogP contribution in [-0.4, -0.2) is 27.8 Å². The highest BCUT2D eigenvalue weighted by Crippen LogP contribution is 2.21. The van der Waals surface area contributed by atoms with Crippen molar-refractivity contribution in [3.63, 3.8) is 0 Å². The molecule has 0 aliphatic rings. The van der Waals surface area contributed by atoms with E-state index in [0.29, 0.717) is 10.0 Å². The van der Waals surface area contributed by atoms with Gasteiger partial charge in [-0.2, -0.15) is 0 Å². The van der Waals surface area contributed by atoms with E-state index in [0.717, 1.165) is 0 Å². The third-order valence-electron chi connectivity index (χ3n) is 1.85. The summed E-state index contributed by atoms with van der Waals surface area (Å²) in [6, 6.07) is 0. The van der Waals surface area contributed by atoms with E-state index < -0.39 is 17.7 Å². The van der Waals surface area contributed by atoms with Crippen LogP contribution in [0.25, 0.3) is 0 Å². The predicted molar refractivity (Wildman–Crippen MR) is 72.5 cm³/mol. The van der Waals surface area contributed by atoms with Crippen molar-refractivity contribution in [2.24, 2.45) is 0 Å². The normalized spacial score (nSPS) is 10.9. The van der Waals surface area contributed by atoms with E-state index in [2.05, 4.69) is 16.9 Å². The molecule has 19 heavy (non-hydrogen) atoms. The molecule has 0 unspecified atom stereocenters. The Balaban J connectivity index is 2.58. The maximum Gasteiger partial charge on any atom is 0.413 e. The van der Waals surface area contributed by atoms with Gasteiger partial charge in [0.25, 0.3) is 0 Å². The lowest BCUT2D eigenvalue weighted by Crippen LogP contribution is -2.27. The maximum absolute atomic E-state index is 11.5. The minimum Gasteiger partial charge on any atom is -0.478 e. The molecule has 0 aliphatic carbocycles. The Hall–Kier alpha value is -1.89. The average Bonchev–Trinajstić information content (AvgIpc) is 2.61. The van der Waals surface area contributed by atoms with Gasteiger partial charge in [-0.25, -0.2) is 14.6 Å². The molecule has 6 nitrogen and oxygen atoms in total. The van der Waals surface area contributed by atoms with Gasteiger partial charge in [0, 0.05) is 23.1 Å². The summed E-state index contributed by atoms with van der Waals surface area (Å²) in [7, 11) is 0. The van der Waals surface area contributed by atoms with Gasteiger partial charge in [0.05, 0.1) is 0 Å². The van der Waals surface area contributed by atoms with Gasteiger partial charge in [-0.05, 0) is 20.8 Å². The number of nitrogens with zero attached hydrogens (tertiary/aromatic N) is 1. The Labute approximate surface area is 115 Å². The fourth-order valence-corrected chi connectivity index (χ4v) is 1.96. The molecule has 1 aromatic heterocycles. The van der Waals surface area contributed by atoms with E-state index in [-0.39, 0.29) is 12.0 Å². The van der Waals surface area contributed by atoms with Crippen molar-refractivity contribution in [1.29, 1.82) is 0 Å². The quantitative estimate of drug-likeness (QED) is 0.830. The average molecular weight is 284 g/mol. The first kappa shape index (κ1) is 15.2. The molecule has 1 aromatic rings. The number of aliphatic carboxylic acids is 1. The summed E-state index contributed by atoms with van der Waals surface area (Å²) in [4.78, 5) is 26.8. The first-order valence-corrected chi connectivity index (χ1v) is 6.35. The lowest BCUT2D eigenvalue weighted by Gasteiger charge is -2.18. The summed E-state index contributed by atoms with van der Waals surface area (Å²) >= 11 is 1.19. The Morgan fingerprint density at radius 2 is 2.16 bits per heavy atom.